The molecule has 1 aromatic rings. The van der Waals surface area contributed by atoms with Crippen LogP contribution in [0.25, 0.3) is 0 Å². The monoisotopic (exact) mass is 310 g/mol. The number of rotatable bonds is 3. The van der Waals surface area contributed by atoms with Gasteiger partial charge >= 0.3 is 5.97 Å². The smallest absolute Gasteiger partial charge is 0.379 e. The van der Waals surface area contributed by atoms with Crippen molar-refractivity contribution in [1.29, 1.82) is 0 Å². The van der Waals surface area contributed by atoms with Crippen molar-refractivity contribution in [2.75, 3.05) is 19.8 Å². The fourth-order valence-corrected chi connectivity index (χ4v) is 2.45. The Balaban J connectivity index is 1.88. The number of ether oxygens (including phenoxy) is 3. The summed E-state index contributed by atoms with van der Waals surface area (Å²) in [5, 5.41) is 0.155. The third-order valence-corrected chi connectivity index (χ3v) is 4.08. The molecule has 1 heterocycles. The molecule has 0 aromatic heterocycles. The molecule has 2 aliphatic rings. The van der Waals surface area contributed by atoms with E-state index in [4.69, 9.17) is 25.8 Å². The summed E-state index contributed by atoms with van der Waals surface area (Å²) < 4.78 is 16.1. The Morgan fingerprint density at radius 1 is 1.24 bits per heavy atom. The maximum Gasteiger partial charge on any atom is 0.379 e. The highest BCUT2D eigenvalue weighted by molar-refractivity contribution is 6.45. The Bertz CT molecular complexity index is 606. The lowest BCUT2D eigenvalue weighted by molar-refractivity contribution is -0.137. The Hall–Kier alpha value is -1.75. The largest absolute Gasteiger partial charge is 0.489 e. The average Bonchev–Trinajstić information content (AvgIpc) is 3.26. The highest BCUT2D eigenvalue weighted by atomic mass is 35.5. The van der Waals surface area contributed by atoms with Crippen LogP contribution < -0.4 is 9.47 Å². The predicted octanol–water partition coefficient (Wildman–Crippen LogP) is 2.64. The molecule has 5 nitrogen and oxygen atoms in total. The Labute approximate surface area is 127 Å². The summed E-state index contributed by atoms with van der Waals surface area (Å²) in [6.07, 6.45) is 2.15. The Morgan fingerprint density at radius 3 is 2.43 bits per heavy atom. The van der Waals surface area contributed by atoms with Gasteiger partial charge in [0.1, 0.15) is 0 Å². The summed E-state index contributed by atoms with van der Waals surface area (Å²) in [7, 11) is 0. The topological polar surface area (TPSA) is 61.8 Å². The molecule has 0 saturated heterocycles. The van der Waals surface area contributed by atoms with Gasteiger partial charge in [-0.3, -0.25) is 4.79 Å². The summed E-state index contributed by atoms with van der Waals surface area (Å²) in [6.45, 7) is 2.90. The molecule has 21 heavy (non-hydrogen) atoms. The summed E-state index contributed by atoms with van der Waals surface area (Å²) in [5.41, 5.74) is 0.167. The first-order chi connectivity index (χ1) is 10.0. The van der Waals surface area contributed by atoms with Crippen LogP contribution >= 0.6 is 11.6 Å². The molecule has 0 radical (unpaired) electrons. The number of carbonyl (C=O) groups excluding carboxylic acids is 2. The maximum absolute atomic E-state index is 12.0. The van der Waals surface area contributed by atoms with Crippen LogP contribution in [0.4, 0.5) is 0 Å². The van der Waals surface area contributed by atoms with E-state index >= 15 is 0 Å². The van der Waals surface area contributed by atoms with E-state index in [2.05, 4.69) is 0 Å². The summed E-state index contributed by atoms with van der Waals surface area (Å²) in [6, 6.07) is 2.98. The SMILES string of the molecule is CCOC(=O)C(=O)c1cc2c(cc1Cl)OCC1(CC1)CO2. The van der Waals surface area contributed by atoms with Crippen LogP contribution in [0.15, 0.2) is 12.1 Å². The Morgan fingerprint density at radius 2 is 1.86 bits per heavy atom. The van der Waals surface area contributed by atoms with E-state index in [9.17, 15) is 9.59 Å². The highest BCUT2D eigenvalue weighted by Crippen LogP contribution is 2.49. The molecular formula is C15H15ClO5. The zero-order valence-corrected chi connectivity index (χ0v) is 12.4. The van der Waals surface area contributed by atoms with E-state index in [1.54, 1.807) is 6.92 Å². The summed E-state index contributed by atoms with van der Waals surface area (Å²) in [5.74, 6) is -0.758. The molecule has 0 unspecified atom stereocenters. The van der Waals surface area contributed by atoms with Crippen molar-refractivity contribution >= 4 is 23.4 Å². The van der Waals surface area contributed by atoms with Crippen LogP contribution in [0, 0.1) is 5.41 Å². The molecular weight excluding hydrogens is 296 g/mol. The van der Waals surface area contributed by atoms with Crippen LogP contribution in [-0.2, 0) is 9.53 Å². The fraction of sp³-hybridized carbons (Fsp3) is 0.467. The molecule has 0 N–H and O–H groups in total. The van der Waals surface area contributed by atoms with Gasteiger partial charge < -0.3 is 14.2 Å². The van der Waals surface area contributed by atoms with Crippen LogP contribution in [0.3, 0.4) is 0 Å². The molecule has 1 aliphatic carbocycles. The first-order valence-electron chi connectivity index (χ1n) is 6.85. The van der Waals surface area contributed by atoms with E-state index in [0.29, 0.717) is 24.7 Å². The molecule has 3 rings (SSSR count). The second-order valence-electron chi connectivity index (χ2n) is 5.41. The standard InChI is InChI=1S/C15H15ClO5/c1-2-19-14(18)13(17)9-5-11-12(6-10(9)16)21-8-15(3-4-15)7-20-11/h5-6H,2-4,7-8H2,1H3. The molecule has 1 saturated carbocycles. The van der Waals surface area contributed by atoms with Crippen molar-refractivity contribution in [1.82, 2.24) is 0 Å². The number of hydrogen-bond acceptors (Lipinski definition) is 5. The van der Waals surface area contributed by atoms with Gasteiger partial charge in [-0.1, -0.05) is 11.6 Å². The van der Waals surface area contributed by atoms with Crippen molar-refractivity contribution in [3.05, 3.63) is 22.7 Å². The lowest BCUT2D eigenvalue weighted by Gasteiger charge is -2.10. The van der Waals surface area contributed by atoms with Gasteiger partial charge in [0, 0.05) is 11.5 Å². The second-order valence-corrected chi connectivity index (χ2v) is 5.81. The van der Waals surface area contributed by atoms with Crippen molar-refractivity contribution in [3.8, 4) is 11.5 Å². The van der Waals surface area contributed by atoms with Crippen molar-refractivity contribution in [3.63, 3.8) is 0 Å². The van der Waals surface area contributed by atoms with Gasteiger partial charge in [0.05, 0.1) is 30.4 Å². The lowest BCUT2D eigenvalue weighted by Crippen LogP contribution is -2.18. The average molecular weight is 311 g/mol. The number of halogens is 1. The number of esters is 1. The van der Waals surface area contributed by atoms with Crippen LogP contribution in [0.2, 0.25) is 5.02 Å². The molecule has 6 heteroatoms. The van der Waals surface area contributed by atoms with Gasteiger partial charge in [0.2, 0.25) is 0 Å². The molecule has 1 spiro atoms. The number of benzene rings is 1. The zero-order valence-electron chi connectivity index (χ0n) is 11.6. The fourth-order valence-electron chi connectivity index (χ4n) is 2.21. The maximum atomic E-state index is 12.0. The zero-order chi connectivity index (χ0) is 15.0. The van der Waals surface area contributed by atoms with Crippen LogP contribution in [0.1, 0.15) is 30.1 Å². The van der Waals surface area contributed by atoms with E-state index in [1.165, 1.54) is 12.1 Å². The second kappa shape index (κ2) is 5.22. The first kappa shape index (κ1) is 14.2. The van der Waals surface area contributed by atoms with Crippen LogP contribution in [0.5, 0.6) is 11.5 Å². The summed E-state index contributed by atoms with van der Waals surface area (Å²) >= 11 is 6.08. The summed E-state index contributed by atoms with van der Waals surface area (Å²) in [4.78, 5) is 23.6. The third-order valence-electron chi connectivity index (χ3n) is 3.76. The quantitative estimate of drug-likeness (QED) is 0.488. The minimum atomic E-state index is -0.924. The van der Waals surface area contributed by atoms with Crippen LogP contribution in [-0.4, -0.2) is 31.6 Å². The van der Waals surface area contributed by atoms with E-state index in [-0.39, 0.29) is 22.6 Å². The molecule has 0 amide bonds. The van der Waals surface area contributed by atoms with E-state index in [0.717, 1.165) is 12.8 Å². The highest BCUT2D eigenvalue weighted by Gasteiger charge is 2.46. The number of fused-ring (bicyclic) bond motifs is 1. The van der Waals surface area contributed by atoms with Gasteiger partial charge in [0.15, 0.2) is 11.5 Å². The Kier molecular flexibility index (Phi) is 3.53. The number of Topliss-reactive ketones (excluding diaryl/α,β-unsaturated/α-hetero) is 1. The predicted molar refractivity (Wildman–Crippen MR) is 75.1 cm³/mol. The van der Waals surface area contributed by atoms with Gasteiger partial charge in [-0.05, 0) is 25.8 Å². The lowest BCUT2D eigenvalue weighted by atomic mass is 10.1. The number of ketones is 1. The molecule has 0 bridgehead atoms. The normalized spacial score (nSPS) is 18.0. The molecule has 1 fully saturated rings. The molecule has 112 valence electrons. The minimum absolute atomic E-state index is 0.0733. The van der Waals surface area contributed by atoms with Gasteiger partial charge in [-0.25, -0.2) is 4.79 Å². The number of carbonyl (C=O) groups is 2. The molecule has 0 atom stereocenters. The molecule has 1 aromatic carbocycles. The van der Waals surface area contributed by atoms with Gasteiger partial charge in [0.25, 0.3) is 5.78 Å². The van der Waals surface area contributed by atoms with Gasteiger partial charge in [-0.2, -0.15) is 0 Å². The van der Waals surface area contributed by atoms with E-state index in [1.807, 2.05) is 0 Å². The third kappa shape index (κ3) is 2.70. The molecule has 1 aliphatic heterocycles. The van der Waals surface area contributed by atoms with Crippen molar-refractivity contribution in [2.24, 2.45) is 5.41 Å². The number of hydrogen-bond donors (Lipinski definition) is 0. The van der Waals surface area contributed by atoms with Crippen molar-refractivity contribution in [2.45, 2.75) is 19.8 Å². The van der Waals surface area contributed by atoms with Crippen molar-refractivity contribution < 1.29 is 23.8 Å². The minimum Gasteiger partial charge on any atom is -0.489 e. The van der Waals surface area contributed by atoms with E-state index < -0.39 is 11.8 Å². The first-order valence-corrected chi connectivity index (χ1v) is 7.23. The van der Waals surface area contributed by atoms with Gasteiger partial charge in [-0.15, -0.1) is 0 Å².